The molecule has 0 unspecified atom stereocenters. The second-order valence-electron chi connectivity index (χ2n) is 5.82. The Hall–Kier alpha value is -2.80. The Balaban J connectivity index is 1.63. The fourth-order valence-corrected chi connectivity index (χ4v) is 3.84. The molecule has 1 atom stereocenters. The molecule has 0 saturated heterocycles. The Morgan fingerprint density at radius 2 is 2.12 bits per heavy atom. The van der Waals surface area contributed by atoms with Gasteiger partial charge in [-0.1, -0.05) is 23.5 Å². The zero-order valence-corrected chi connectivity index (χ0v) is 15.3. The monoisotopic (exact) mass is 370 g/mol. The van der Waals surface area contributed by atoms with Gasteiger partial charge in [-0.05, 0) is 37.3 Å². The van der Waals surface area contributed by atoms with Crippen LogP contribution in [0, 0.1) is 0 Å². The summed E-state index contributed by atoms with van der Waals surface area (Å²) >= 11 is 1.44. The van der Waals surface area contributed by atoms with E-state index in [2.05, 4.69) is 4.99 Å². The summed E-state index contributed by atoms with van der Waals surface area (Å²) in [7, 11) is 1.89. The molecule has 1 aliphatic rings. The lowest BCUT2D eigenvalue weighted by molar-refractivity contribution is -0.127. The Kier molecular flexibility index (Phi) is 4.38. The molecule has 1 aromatic heterocycles. The summed E-state index contributed by atoms with van der Waals surface area (Å²) < 4.78 is 19.8. The van der Waals surface area contributed by atoms with Crippen molar-refractivity contribution in [3.63, 3.8) is 0 Å². The van der Waals surface area contributed by atoms with Gasteiger partial charge in [0.05, 0.1) is 16.8 Å². The number of hydrogen-bond acceptors (Lipinski definition) is 5. The molecule has 2 heterocycles. The molecule has 4 rings (SSSR count). The van der Waals surface area contributed by atoms with Gasteiger partial charge in [-0.3, -0.25) is 4.79 Å². The first kappa shape index (κ1) is 16.7. The second kappa shape index (κ2) is 6.84. The van der Waals surface area contributed by atoms with Gasteiger partial charge in [0.1, 0.15) is 12.4 Å². The van der Waals surface area contributed by atoms with Crippen molar-refractivity contribution in [2.45, 2.75) is 13.0 Å². The Bertz CT molecular complexity index is 1040. The molecule has 3 aromatic rings. The van der Waals surface area contributed by atoms with Crippen LogP contribution in [-0.4, -0.2) is 29.8 Å². The number of nitrogens with zero attached hydrogens (tertiary/aromatic N) is 2. The Morgan fingerprint density at radius 1 is 1.31 bits per heavy atom. The van der Waals surface area contributed by atoms with Crippen molar-refractivity contribution in [2.24, 2.45) is 12.0 Å². The molecule has 0 bridgehead atoms. The molecule has 1 aliphatic heterocycles. The highest BCUT2D eigenvalue weighted by Crippen LogP contribution is 2.31. The molecule has 7 heteroatoms. The number of carbonyl (C=O) groups is 1. The maximum Gasteiger partial charge on any atom is 0.292 e. The Labute approximate surface area is 154 Å². The number of ether oxygens (including phenoxy) is 3. The lowest BCUT2D eigenvalue weighted by atomic mass is 10.2. The van der Waals surface area contributed by atoms with Crippen molar-refractivity contribution >= 4 is 27.5 Å². The van der Waals surface area contributed by atoms with Gasteiger partial charge in [0, 0.05) is 7.05 Å². The molecule has 0 spiro atoms. The highest BCUT2D eigenvalue weighted by atomic mass is 32.1. The minimum Gasteiger partial charge on any atom is -0.494 e. The SMILES string of the molecule is CCOc1ccc2c(c1)sc(=NC(=O)[C@@H]1COc3ccccc3O1)n2C. The largest absolute Gasteiger partial charge is 0.494 e. The molecule has 0 N–H and O–H groups in total. The highest BCUT2D eigenvalue weighted by Gasteiger charge is 2.27. The number of fused-ring (bicyclic) bond motifs is 2. The number of para-hydroxylation sites is 2. The molecule has 134 valence electrons. The summed E-state index contributed by atoms with van der Waals surface area (Å²) in [6.45, 7) is 2.71. The summed E-state index contributed by atoms with van der Waals surface area (Å²) in [6, 6.07) is 13.1. The minimum atomic E-state index is -0.742. The van der Waals surface area contributed by atoms with Crippen LogP contribution >= 0.6 is 11.3 Å². The third kappa shape index (κ3) is 3.06. The number of aryl methyl sites for hydroxylation is 1. The number of benzene rings is 2. The van der Waals surface area contributed by atoms with Crippen molar-refractivity contribution in [3.8, 4) is 17.2 Å². The maximum atomic E-state index is 12.6. The first-order valence-electron chi connectivity index (χ1n) is 8.35. The molecule has 1 amide bonds. The van der Waals surface area contributed by atoms with Crippen molar-refractivity contribution in [1.82, 2.24) is 4.57 Å². The summed E-state index contributed by atoms with van der Waals surface area (Å²) in [5.74, 6) is 1.66. The molecule has 0 aliphatic carbocycles. The van der Waals surface area contributed by atoms with E-state index in [1.807, 2.05) is 54.9 Å². The topological polar surface area (TPSA) is 62.1 Å². The second-order valence-corrected chi connectivity index (χ2v) is 6.83. The van der Waals surface area contributed by atoms with Gasteiger partial charge in [0.2, 0.25) is 6.10 Å². The van der Waals surface area contributed by atoms with Gasteiger partial charge in [-0.25, -0.2) is 0 Å². The summed E-state index contributed by atoms with van der Waals surface area (Å²) in [5.41, 5.74) is 0.996. The van der Waals surface area contributed by atoms with Crippen LogP contribution in [-0.2, 0) is 11.8 Å². The maximum absolute atomic E-state index is 12.6. The fraction of sp³-hybridized carbons (Fsp3) is 0.263. The van der Waals surface area contributed by atoms with E-state index in [4.69, 9.17) is 14.2 Å². The summed E-state index contributed by atoms with van der Waals surface area (Å²) in [5, 5.41) is 0. The highest BCUT2D eigenvalue weighted by molar-refractivity contribution is 7.16. The molecule has 0 fully saturated rings. The third-order valence-electron chi connectivity index (χ3n) is 4.08. The van der Waals surface area contributed by atoms with Crippen LogP contribution in [0.15, 0.2) is 47.5 Å². The average molecular weight is 370 g/mol. The van der Waals surface area contributed by atoms with Gasteiger partial charge in [-0.2, -0.15) is 4.99 Å². The van der Waals surface area contributed by atoms with Crippen LogP contribution in [0.4, 0.5) is 0 Å². The zero-order chi connectivity index (χ0) is 18.1. The van der Waals surface area contributed by atoms with Gasteiger partial charge < -0.3 is 18.8 Å². The predicted octanol–water partition coefficient (Wildman–Crippen LogP) is 2.91. The van der Waals surface area contributed by atoms with E-state index < -0.39 is 6.10 Å². The lowest BCUT2D eigenvalue weighted by Crippen LogP contribution is -2.36. The molecule has 26 heavy (non-hydrogen) atoms. The smallest absolute Gasteiger partial charge is 0.292 e. The average Bonchev–Trinajstić information content (AvgIpc) is 2.96. The quantitative estimate of drug-likeness (QED) is 0.711. The molecule has 0 radical (unpaired) electrons. The van der Waals surface area contributed by atoms with E-state index in [1.165, 1.54) is 11.3 Å². The van der Waals surface area contributed by atoms with Crippen molar-refractivity contribution in [1.29, 1.82) is 0 Å². The van der Waals surface area contributed by atoms with Gasteiger partial charge in [0.15, 0.2) is 16.3 Å². The molecular weight excluding hydrogens is 352 g/mol. The number of thiazole rings is 1. The Morgan fingerprint density at radius 3 is 2.92 bits per heavy atom. The lowest BCUT2D eigenvalue weighted by Gasteiger charge is -2.23. The van der Waals surface area contributed by atoms with E-state index in [1.54, 1.807) is 6.07 Å². The standard InChI is InChI=1S/C19H18N2O4S/c1-3-23-12-8-9-13-17(10-12)26-19(21(13)2)20-18(22)16-11-24-14-6-4-5-7-15(14)25-16/h4-10,16H,3,11H2,1-2H3/t16-/m0/s1. The van der Waals surface area contributed by atoms with Crippen LogP contribution in [0.1, 0.15) is 6.92 Å². The first-order chi connectivity index (χ1) is 12.7. The van der Waals surface area contributed by atoms with E-state index >= 15 is 0 Å². The van der Waals surface area contributed by atoms with E-state index in [9.17, 15) is 4.79 Å². The predicted molar refractivity (Wildman–Crippen MR) is 98.9 cm³/mol. The van der Waals surface area contributed by atoms with Crippen molar-refractivity contribution < 1.29 is 19.0 Å². The fourth-order valence-electron chi connectivity index (χ4n) is 2.78. The van der Waals surface area contributed by atoms with Crippen LogP contribution in [0.3, 0.4) is 0 Å². The van der Waals surface area contributed by atoms with Crippen molar-refractivity contribution in [2.75, 3.05) is 13.2 Å². The van der Waals surface area contributed by atoms with Gasteiger partial charge in [-0.15, -0.1) is 0 Å². The van der Waals surface area contributed by atoms with E-state index in [0.717, 1.165) is 16.0 Å². The number of hydrogen-bond donors (Lipinski definition) is 0. The molecule has 2 aromatic carbocycles. The van der Waals surface area contributed by atoms with Crippen LogP contribution < -0.4 is 19.0 Å². The number of carbonyl (C=O) groups excluding carboxylic acids is 1. The minimum absolute atomic E-state index is 0.155. The van der Waals surface area contributed by atoms with Gasteiger partial charge in [0.25, 0.3) is 5.91 Å². The van der Waals surface area contributed by atoms with Gasteiger partial charge >= 0.3 is 0 Å². The summed E-state index contributed by atoms with van der Waals surface area (Å²) in [4.78, 5) is 17.4. The summed E-state index contributed by atoms with van der Waals surface area (Å²) in [6.07, 6.45) is -0.742. The van der Waals surface area contributed by atoms with Crippen LogP contribution in [0.25, 0.3) is 10.2 Å². The van der Waals surface area contributed by atoms with Crippen LogP contribution in [0.5, 0.6) is 17.2 Å². The number of rotatable bonds is 3. The normalized spacial score (nSPS) is 16.7. The molecular formula is C19H18N2O4S. The van der Waals surface area contributed by atoms with E-state index in [0.29, 0.717) is 22.9 Å². The first-order valence-corrected chi connectivity index (χ1v) is 9.17. The van der Waals surface area contributed by atoms with Crippen molar-refractivity contribution in [3.05, 3.63) is 47.3 Å². The molecule has 6 nitrogen and oxygen atoms in total. The van der Waals surface area contributed by atoms with Crippen LogP contribution in [0.2, 0.25) is 0 Å². The molecule has 0 saturated carbocycles. The third-order valence-corrected chi connectivity index (χ3v) is 5.18. The van der Waals surface area contributed by atoms with E-state index in [-0.39, 0.29) is 12.5 Å². The number of aromatic nitrogens is 1. The number of amides is 1. The zero-order valence-electron chi connectivity index (χ0n) is 14.5.